The van der Waals surface area contributed by atoms with Crippen LogP contribution in [-0.4, -0.2) is 35.4 Å². The predicted molar refractivity (Wildman–Crippen MR) is 64.8 cm³/mol. The normalized spacial score (nSPS) is 14.2. The molecular formula is C11H10N2O4S. The largest absolute Gasteiger partial charge is 0.354 e. The summed E-state index contributed by atoms with van der Waals surface area (Å²) in [5, 5.41) is 5.84. The zero-order valence-corrected chi connectivity index (χ0v) is 10.6. The van der Waals surface area contributed by atoms with Crippen LogP contribution in [0.3, 0.4) is 0 Å². The standard InChI is InChI=1S/C11H10N2O4S/c1-3-18-6-4-5(14)10-7(9(6)15)8(13-17-10)11(16)12-2/h4H,3H2,1-2H3,(H,12,16). The number of aromatic nitrogens is 1. The molecular weight excluding hydrogens is 256 g/mol. The van der Waals surface area contributed by atoms with Crippen LogP contribution in [0.4, 0.5) is 0 Å². The molecule has 0 saturated carbocycles. The van der Waals surface area contributed by atoms with Crippen LogP contribution in [0.1, 0.15) is 38.3 Å². The van der Waals surface area contributed by atoms with Crippen LogP contribution in [0.5, 0.6) is 0 Å². The Balaban J connectivity index is 2.52. The van der Waals surface area contributed by atoms with E-state index >= 15 is 0 Å². The van der Waals surface area contributed by atoms with Gasteiger partial charge in [0.2, 0.25) is 17.3 Å². The number of Topliss-reactive ketones (excluding diaryl/α,β-unsaturated/α-hetero) is 1. The summed E-state index contributed by atoms with van der Waals surface area (Å²) in [6, 6.07) is 0. The van der Waals surface area contributed by atoms with E-state index in [0.29, 0.717) is 10.7 Å². The Morgan fingerprint density at radius 2 is 2.22 bits per heavy atom. The van der Waals surface area contributed by atoms with Crippen molar-refractivity contribution in [3.8, 4) is 0 Å². The fourth-order valence-corrected chi connectivity index (χ4v) is 2.31. The highest BCUT2D eigenvalue weighted by Gasteiger charge is 2.35. The fourth-order valence-electron chi connectivity index (χ4n) is 1.58. The lowest BCUT2D eigenvalue weighted by molar-refractivity contribution is 0.0944. The summed E-state index contributed by atoms with van der Waals surface area (Å²) in [4.78, 5) is 35.7. The molecule has 0 radical (unpaired) electrons. The lowest BCUT2D eigenvalue weighted by Crippen LogP contribution is -2.23. The van der Waals surface area contributed by atoms with Crippen LogP contribution in [0, 0.1) is 0 Å². The van der Waals surface area contributed by atoms with Crippen molar-refractivity contribution in [1.29, 1.82) is 0 Å². The summed E-state index contributed by atoms with van der Waals surface area (Å²) in [7, 11) is 1.41. The Morgan fingerprint density at radius 1 is 1.50 bits per heavy atom. The Morgan fingerprint density at radius 3 is 2.83 bits per heavy atom. The molecule has 18 heavy (non-hydrogen) atoms. The molecule has 0 spiro atoms. The first-order valence-electron chi connectivity index (χ1n) is 5.25. The van der Waals surface area contributed by atoms with Crippen molar-refractivity contribution < 1.29 is 18.9 Å². The van der Waals surface area contributed by atoms with Gasteiger partial charge in [-0.25, -0.2) is 0 Å². The molecule has 1 N–H and O–H groups in total. The van der Waals surface area contributed by atoms with Crippen LogP contribution in [0.15, 0.2) is 15.5 Å². The Kier molecular flexibility index (Phi) is 3.33. The van der Waals surface area contributed by atoms with Crippen molar-refractivity contribution in [2.75, 3.05) is 12.8 Å². The molecule has 0 unspecified atom stereocenters. The number of rotatable bonds is 3. The van der Waals surface area contributed by atoms with Gasteiger partial charge >= 0.3 is 0 Å². The van der Waals surface area contributed by atoms with Crippen molar-refractivity contribution in [3.05, 3.63) is 28.0 Å². The van der Waals surface area contributed by atoms with E-state index in [1.165, 1.54) is 24.9 Å². The number of nitrogens with one attached hydrogen (secondary N) is 1. The number of ketones is 2. The van der Waals surface area contributed by atoms with Crippen LogP contribution >= 0.6 is 11.8 Å². The van der Waals surface area contributed by atoms with Gasteiger partial charge < -0.3 is 9.84 Å². The zero-order valence-electron chi connectivity index (χ0n) is 9.77. The molecule has 1 aromatic rings. The number of carbonyl (C=O) groups excluding carboxylic acids is 3. The maximum absolute atomic E-state index is 12.1. The number of hydrogen-bond acceptors (Lipinski definition) is 6. The number of thioether (sulfide) groups is 1. The minimum atomic E-state index is -0.552. The third kappa shape index (κ3) is 1.86. The van der Waals surface area contributed by atoms with Crippen molar-refractivity contribution in [3.63, 3.8) is 0 Å². The van der Waals surface area contributed by atoms with Crippen LogP contribution in [0.2, 0.25) is 0 Å². The molecule has 1 aliphatic rings. The second kappa shape index (κ2) is 4.77. The number of fused-ring (bicyclic) bond motifs is 1. The van der Waals surface area contributed by atoms with Crippen molar-refractivity contribution in [2.45, 2.75) is 6.92 Å². The highest BCUT2D eigenvalue weighted by molar-refractivity contribution is 8.04. The summed E-state index contributed by atoms with van der Waals surface area (Å²) in [6.45, 7) is 1.87. The van der Waals surface area contributed by atoms with Gasteiger partial charge in [-0.3, -0.25) is 14.4 Å². The first kappa shape index (κ1) is 12.6. The molecule has 2 rings (SSSR count). The predicted octanol–water partition coefficient (Wildman–Crippen LogP) is 1.05. The van der Waals surface area contributed by atoms with E-state index in [2.05, 4.69) is 10.5 Å². The second-order valence-corrected chi connectivity index (χ2v) is 4.76. The van der Waals surface area contributed by atoms with E-state index in [4.69, 9.17) is 4.52 Å². The molecule has 1 heterocycles. The molecule has 0 atom stereocenters. The van der Waals surface area contributed by atoms with Crippen molar-refractivity contribution in [2.24, 2.45) is 0 Å². The average molecular weight is 266 g/mol. The minimum absolute atomic E-state index is 0.0437. The summed E-state index contributed by atoms with van der Waals surface area (Å²) in [5.74, 6) is -0.900. The van der Waals surface area contributed by atoms with Gasteiger partial charge in [-0.1, -0.05) is 12.1 Å². The molecule has 0 aliphatic heterocycles. The third-order valence-electron chi connectivity index (χ3n) is 2.37. The third-order valence-corrected chi connectivity index (χ3v) is 3.27. The van der Waals surface area contributed by atoms with Crippen LogP contribution in [0.25, 0.3) is 0 Å². The lowest BCUT2D eigenvalue weighted by Gasteiger charge is -2.09. The average Bonchev–Trinajstić information content (AvgIpc) is 2.80. The number of hydrogen-bond donors (Lipinski definition) is 1. The van der Waals surface area contributed by atoms with E-state index in [1.54, 1.807) is 0 Å². The zero-order chi connectivity index (χ0) is 13.3. The molecule has 7 heteroatoms. The van der Waals surface area contributed by atoms with Gasteiger partial charge in [0, 0.05) is 13.1 Å². The van der Waals surface area contributed by atoms with Gasteiger partial charge in [0.25, 0.3) is 5.91 Å². The van der Waals surface area contributed by atoms with Crippen LogP contribution in [-0.2, 0) is 0 Å². The molecule has 94 valence electrons. The number of amides is 1. The first-order valence-corrected chi connectivity index (χ1v) is 6.24. The molecule has 0 aromatic carbocycles. The fraction of sp³-hybridized carbons (Fsp3) is 0.273. The van der Waals surface area contributed by atoms with E-state index in [0.717, 1.165) is 0 Å². The SMILES string of the molecule is CCSC1=CC(=O)c2onc(C(=O)NC)c2C1=O. The molecule has 1 aromatic heterocycles. The molecule has 1 aliphatic carbocycles. The highest BCUT2D eigenvalue weighted by Crippen LogP contribution is 2.30. The van der Waals surface area contributed by atoms with E-state index in [9.17, 15) is 14.4 Å². The van der Waals surface area contributed by atoms with Crippen LogP contribution < -0.4 is 5.32 Å². The Labute approximate surface area is 107 Å². The number of allylic oxidation sites excluding steroid dienone is 2. The molecule has 0 saturated heterocycles. The summed E-state index contributed by atoms with van der Waals surface area (Å²) < 4.78 is 4.78. The van der Waals surface area contributed by atoms with Crippen molar-refractivity contribution >= 4 is 29.2 Å². The first-order chi connectivity index (χ1) is 8.60. The summed E-state index contributed by atoms with van der Waals surface area (Å²) in [5.41, 5.74) is -0.189. The molecule has 0 fully saturated rings. The minimum Gasteiger partial charge on any atom is -0.354 e. The molecule has 1 amide bonds. The lowest BCUT2D eigenvalue weighted by atomic mass is 10.00. The topological polar surface area (TPSA) is 89.3 Å². The van der Waals surface area contributed by atoms with E-state index < -0.39 is 17.5 Å². The van der Waals surface area contributed by atoms with Gasteiger partial charge in [-0.05, 0) is 5.75 Å². The van der Waals surface area contributed by atoms with Gasteiger partial charge in [0.05, 0.1) is 4.91 Å². The number of carbonyl (C=O) groups is 3. The van der Waals surface area contributed by atoms with Gasteiger partial charge in [0.15, 0.2) is 5.69 Å². The van der Waals surface area contributed by atoms with Gasteiger partial charge in [-0.2, -0.15) is 0 Å². The monoisotopic (exact) mass is 266 g/mol. The molecule has 0 bridgehead atoms. The van der Waals surface area contributed by atoms with E-state index in [-0.39, 0.29) is 17.0 Å². The van der Waals surface area contributed by atoms with Gasteiger partial charge in [0.1, 0.15) is 5.56 Å². The Hall–Kier alpha value is -1.89. The van der Waals surface area contributed by atoms with Crippen molar-refractivity contribution in [1.82, 2.24) is 10.5 Å². The Bertz CT molecular complexity index is 574. The maximum atomic E-state index is 12.1. The van der Waals surface area contributed by atoms with E-state index in [1.807, 2.05) is 6.92 Å². The second-order valence-electron chi connectivity index (χ2n) is 3.45. The summed E-state index contributed by atoms with van der Waals surface area (Å²) >= 11 is 1.25. The maximum Gasteiger partial charge on any atom is 0.274 e. The number of nitrogens with zero attached hydrogens (tertiary/aromatic N) is 1. The molecule has 6 nitrogen and oxygen atoms in total. The highest BCUT2D eigenvalue weighted by atomic mass is 32.2. The quantitative estimate of drug-likeness (QED) is 0.879. The van der Waals surface area contributed by atoms with Gasteiger partial charge in [-0.15, -0.1) is 11.8 Å². The summed E-state index contributed by atoms with van der Waals surface area (Å²) in [6.07, 6.45) is 1.22. The smallest absolute Gasteiger partial charge is 0.274 e.